The number of carbonyl (C=O) groups excluding carboxylic acids is 1. The zero-order valence-corrected chi connectivity index (χ0v) is 13.8. The molecular weight excluding hydrogens is 353 g/mol. The van der Waals surface area contributed by atoms with Crippen LogP contribution in [0.25, 0.3) is 0 Å². The third-order valence-corrected chi connectivity index (χ3v) is 4.12. The van der Waals surface area contributed by atoms with Crippen molar-refractivity contribution >= 4 is 13.5 Å². The molecule has 1 aromatic carbocycles. The maximum atomic E-state index is 11.5. The van der Waals surface area contributed by atoms with E-state index >= 15 is 0 Å². The minimum Gasteiger partial charge on any atom is -0.508 e. The normalized spacial score (nSPS) is 16.0. The van der Waals surface area contributed by atoms with E-state index in [-0.39, 0.29) is 18.6 Å². The van der Waals surface area contributed by atoms with Gasteiger partial charge in [0.25, 0.3) is 0 Å². The van der Waals surface area contributed by atoms with Crippen LogP contribution in [0.5, 0.6) is 5.75 Å². The van der Waals surface area contributed by atoms with Crippen molar-refractivity contribution < 1.29 is 39.6 Å². The van der Waals surface area contributed by atoms with Crippen LogP contribution in [0.3, 0.4) is 0 Å². The van der Waals surface area contributed by atoms with Crippen molar-refractivity contribution in [1.29, 1.82) is 0 Å². The molecule has 0 aromatic heterocycles. The Morgan fingerprint density at radius 1 is 1.20 bits per heavy atom. The molecule has 9 nitrogen and oxygen atoms in total. The Morgan fingerprint density at radius 2 is 1.88 bits per heavy atom. The first-order valence-corrected chi connectivity index (χ1v) is 8.83. The SMILES string of the molecule is O=C1C=C(O)C(C(O)(O)CCc2cccc(O)c2)=C(NP(=O)(O)O)C1. The monoisotopic (exact) mass is 371 g/mol. The van der Waals surface area contributed by atoms with Crippen molar-refractivity contribution in [3.8, 4) is 5.75 Å². The molecule has 0 heterocycles. The molecule has 0 unspecified atom stereocenters. The third-order valence-electron chi connectivity index (χ3n) is 3.56. The number of phenolic OH excluding ortho intramolecular Hbond substituents is 1. The van der Waals surface area contributed by atoms with Crippen LogP contribution in [-0.4, -0.2) is 41.8 Å². The smallest absolute Gasteiger partial charge is 0.427 e. The van der Waals surface area contributed by atoms with Gasteiger partial charge in [0.1, 0.15) is 11.5 Å². The minimum absolute atomic E-state index is 0.00643. The van der Waals surface area contributed by atoms with Crippen LogP contribution < -0.4 is 5.09 Å². The number of aliphatic hydroxyl groups excluding tert-OH is 1. The molecule has 1 aliphatic carbocycles. The van der Waals surface area contributed by atoms with E-state index in [4.69, 9.17) is 9.79 Å². The predicted molar refractivity (Wildman–Crippen MR) is 86.1 cm³/mol. The zero-order chi connectivity index (χ0) is 18.8. The molecule has 0 spiro atoms. The lowest BCUT2D eigenvalue weighted by Crippen LogP contribution is -2.37. The fraction of sp³-hybridized carbons (Fsp3) is 0.267. The first kappa shape index (κ1) is 19.2. The molecule has 0 amide bonds. The van der Waals surface area contributed by atoms with Crippen LogP contribution in [0.2, 0.25) is 0 Å². The highest BCUT2D eigenvalue weighted by Gasteiger charge is 2.38. The van der Waals surface area contributed by atoms with E-state index in [9.17, 15) is 29.8 Å². The van der Waals surface area contributed by atoms with Gasteiger partial charge in [-0.25, -0.2) is 4.57 Å². The Kier molecular flexibility index (Phi) is 5.36. The maximum absolute atomic E-state index is 11.5. The summed E-state index contributed by atoms with van der Waals surface area (Å²) < 4.78 is 11.1. The van der Waals surface area contributed by atoms with Gasteiger partial charge in [-0.05, 0) is 24.1 Å². The van der Waals surface area contributed by atoms with Gasteiger partial charge in [-0.3, -0.25) is 9.88 Å². The molecule has 0 saturated carbocycles. The maximum Gasteiger partial charge on any atom is 0.427 e. The number of rotatable bonds is 6. The number of benzene rings is 1. The molecule has 136 valence electrons. The number of aromatic hydroxyl groups is 1. The van der Waals surface area contributed by atoms with Crippen molar-refractivity contribution in [2.75, 3.05) is 0 Å². The summed E-state index contributed by atoms with van der Waals surface area (Å²) in [7, 11) is -4.83. The molecule has 25 heavy (non-hydrogen) atoms. The quantitative estimate of drug-likeness (QED) is 0.276. The van der Waals surface area contributed by atoms with Crippen molar-refractivity contribution in [1.82, 2.24) is 5.09 Å². The first-order valence-electron chi connectivity index (χ1n) is 7.22. The van der Waals surface area contributed by atoms with E-state index in [1.807, 2.05) is 0 Å². The van der Waals surface area contributed by atoms with Crippen LogP contribution in [-0.2, 0) is 15.8 Å². The summed E-state index contributed by atoms with van der Waals surface area (Å²) in [6.45, 7) is 0. The summed E-state index contributed by atoms with van der Waals surface area (Å²) in [5.74, 6) is -4.10. The van der Waals surface area contributed by atoms with E-state index in [1.54, 1.807) is 17.2 Å². The molecule has 7 N–H and O–H groups in total. The molecule has 1 aliphatic rings. The second-order valence-corrected chi connectivity index (χ2v) is 6.98. The van der Waals surface area contributed by atoms with Gasteiger partial charge in [0.2, 0.25) is 0 Å². The highest BCUT2D eigenvalue weighted by Crippen LogP contribution is 2.38. The number of hydrogen-bond donors (Lipinski definition) is 7. The zero-order valence-electron chi connectivity index (χ0n) is 13.0. The Hall–Kier alpha value is -2.16. The van der Waals surface area contributed by atoms with Crippen molar-refractivity contribution in [3.63, 3.8) is 0 Å². The summed E-state index contributed by atoms with van der Waals surface area (Å²) in [5.41, 5.74) is -0.456. The van der Waals surface area contributed by atoms with Crippen molar-refractivity contribution in [2.45, 2.75) is 25.0 Å². The molecule has 0 bridgehead atoms. The number of aryl methyl sites for hydroxylation is 1. The van der Waals surface area contributed by atoms with Gasteiger partial charge in [0.15, 0.2) is 11.6 Å². The second kappa shape index (κ2) is 6.99. The van der Waals surface area contributed by atoms with Gasteiger partial charge < -0.3 is 30.2 Å². The van der Waals surface area contributed by atoms with Crippen LogP contribution in [0, 0.1) is 0 Å². The largest absolute Gasteiger partial charge is 0.508 e. The summed E-state index contributed by atoms with van der Waals surface area (Å²) in [4.78, 5) is 29.6. The molecule has 2 rings (SSSR count). The Labute approximate surface area is 142 Å². The van der Waals surface area contributed by atoms with Crippen molar-refractivity contribution in [3.05, 3.63) is 52.9 Å². The number of allylic oxidation sites excluding steroid dienone is 2. The summed E-state index contributed by atoms with van der Waals surface area (Å²) in [6.07, 6.45) is -0.0469. The molecule has 1 aromatic rings. The van der Waals surface area contributed by atoms with Gasteiger partial charge in [-0.1, -0.05) is 12.1 Å². The lowest BCUT2D eigenvalue weighted by Gasteiger charge is -2.29. The van der Waals surface area contributed by atoms with E-state index in [1.165, 1.54) is 12.1 Å². The second-order valence-electron chi connectivity index (χ2n) is 5.67. The summed E-state index contributed by atoms with van der Waals surface area (Å²) >= 11 is 0. The Morgan fingerprint density at radius 3 is 2.48 bits per heavy atom. The number of nitrogens with one attached hydrogen (secondary N) is 1. The van der Waals surface area contributed by atoms with E-state index in [0.717, 1.165) is 6.08 Å². The van der Waals surface area contributed by atoms with Crippen molar-refractivity contribution in [2.24, 2.45) is 0 Å². The fourth-order valence-electron chi connectivity index (χ4n) is 2.57. The summed E-state index contributed by atoms with van der Waals surface area (Å²) in [5, 5.41) is 41.7. The Balaban J connectivity index is 2.31. The predicted octanol–water partition coefficient (Wildman–Crippen LogP) is 0.357. The summed E-state index contributed by atoms with van der Waals surface area (Å²) in [6, 6.07) is 6.07. The van der Waals surface area contributed by atoms with E-state index < -0.39 is 42.8 Å². The van der Waals surface area contributed by atoms with E-state index in [0.29, 0.717) is 5.56 Å². The first-order chi connectivity index (χ1) is 11.5. The van der Waals surface area contributed by atoms with Crippen LogP contribution in [0.4, 0.5) is 0 Å². The lowest BCUT2D eigenvalue weighted by atomic mass is 9.90. The molecule has 0 saturated heterocycles. The molecule has 10 heteroatoms. The van der Waals surface area contributed by atoms with Gasteiger partial charge in [0.05, 0.1) is 12.0 Å². The topological polar surface area (TPSA) is 168 Å². The molecule has 0 atom stereocenters. The number of aliphatic hydroxyl groups is 3. The van der Waals surface area contributed by atoms with Crippen LogP contribution >= 0.6 is 7.75 Å². The molecule has 0 aliphatic heterocycles. The average Bonchev–Trinajstić information content (AvgIpc) is 2.42. The Bertz CT molecular complexity index is 792. The number of phenols is 1. The average molecular weight is 371 g/mol. The fourth-order valence-corrected chi connectivity index (χ4v) is 3.11. The van der Waals surface area contributed by atoms with Gasteiger partial charge in [-0.15, -0.1) is 0 Å². The van der Waals surface area contributed by atoms with E-state index in [2.05, 4.69) is 0 Å². The molecule has 0 radical (unpaired) electrons. The molecular formula is C15H18NO8P. The molecule has 0 fully saturated rings. The van der Waals surface area contributed by atoms with Gasteiger partial charge in [0, 0.05) is 18.2 Å². The number of carbonyl (C=O) groups is 1. The number of hydrogen-bond acceptors (Lipinski definition) is 6. The highest BCUT2D eigenvalue weighted by molar-refractivity contribution is 7.49. The standard InChI is InChI=1S/C15H18NO8P/c17-10-3-1-2-9(6-10)4-5-15(20,21)14-12(16-25(22,23)24)7-11(18)8-13(14)19/h1-3,6,8,17,19-21H,4-5,7H2,(H3,16,22,23,24). The van der Waals surface area contributed by atoms with Crippen LogP contribution in [0.1, 0.15) is 18.4 Å². The number of ketones is 1. The lowest BCUT2D eigenvalue weighted by molar-refractivity contribution is -0.134. The highest BCUT2D eigenvalue weighted by atomic mass is 31.2. The minimum atomic E-state index is -4.83. The van der Waals surface area contributed by atoms with Crippen LogP contribution in [0.15, 0.2) is 47.4 Å². The van der Waals surface area contributed by atoms with Gasteiger partial charge in [-0.2, -0.15) is 0 Å². The van der Waals surface area contributed by atoms with Gasteiger partial charge >= 0.3 is 7.75 Å². The third kappa shape index (κ3) is 5.15.